The van der Waals surface area contributed by atoms with E-state index in [-0.39, 0.29) is 5.69 Å². The summed E-state index contributed by atoms with van der Waals surface area (Å²) in [6.45, 7) is 0.871. The Balaban J connectivity index is 1.67. The number of fused-ring (bicyclic) bond motifs is 1. The number of non-ortho nitro benzene ring substituents is 1. The van der Waals surface area contributed by atoms with Crippen LogP contribution in [0.1, 0.15) is 16.8 Å². The molecule has 7 heteroatoms. The van der Waals surface area contributed by atoms with Crippen molar-refractivity contribution in [3.05, 3.63) is 75.5 Å². The van der Waals surface area contributed by atoms with Crippen molar-refractivity contribution >= 4 is 11.5 Å². The highest BCUT2D eigenvalue weighted by Crippen LogP contribution is 2.30. The minimum absolute atomic E-state index is 0.0731. The molecule has 2 aromatic carbocycles. The lowest BCUT2D eigenvalue weighted by atomic mass is 10.1. The Labute approximate surface area is 150 Å². The summed E-state index contributed by atoms with van der Waals surface area (Å²) in [6.07, 6.45) is 1.65. The number of ether oxygens (including phenoxy) is 1. The highest BCUT2D eigenvalue weighted by molar-refractivity contribution is 5.58. The molecule has 1 N–H and O–H groups in total. The lowest BCUT2D eigenvalue weighted by molar-refractivity contribution is -0.384. The van der Waals surface area contributed by atoms with Crippen molar-refractivity contribution in [1.82, 2.24) is 9.78 Å². The zero-order valence-corrected chi connectivity index (χ0v) is 14.3. The van der Waals surface area contributed by atoms with Crippen LogP contribution >= 0.6 is 0 Å². The SMILES string of the molecule is COc1ccc(Cc2nn(-c3ccc([N+](=O)[O-])cc3)c3c2CCN3)cc1. The van der Waals surface area contributed by atoms with E-state index in [0.29, 0.717) is 0 Å². The Kier molecular flexibility index (Phi) is 4.04. The van der Waals surface area contributed by atoms with Crippen molar-refractivity contribution < 1.29 is 9.66 Å². The van der Waals surface area contributed by atoms with Gasteiger partial charge in [-0.15, -0.1) is 0 Å². The summed E-state index contributed by atoms with van der Waals surface area (Å²) >= 11 is 0. The van der Waals surface area contributed by atoms with Gasteiger partial charge in [-0.25, -0.2) is 4.68 Å². The third-order valence-corrected chi connectivity index (χ3v) is 4.57. The number of nitro groups is 1. The fraction of sp³-hybridized carbons (Fsp3) is 0.211. The third kappa shape index (κ3) is 2.88. The van der Waals surface area contributed by atoms with E-state index in [1.165, 1.54) is 17.7 Å². The fourth-order valence-corrected chi connectivity index (χ4v) is 3.23. The monoisotopic (exact) mass is 350 g/mol. The first-order valence-electron chi connectivity index (χ1n) is 8.38. The number of anilines is 1. The maximum atomic E-state index is 10.9. The number of hydrogen-bond acceptors (Lipinski definition) is 5. The van der Waals surface area contributed by atoms with E-state index in [4.69, 9.17) is 9.84 Å². The van der Waals surface area contributed by atoms with E-state index in [9.17, 15) is 10.1 Å². The van der Waals surface area contributed by atoms with Gasteiger partial charge >= 0.3 is 0 Å². The normalized spacial score (nSPS) is 12.5. The summed E-state index contributed by atoms with van der Waals surface area (Å²) in [4.78, 5) is 10.5. The summed E-state index contributed by atoms with van der Waals surface area (Å²) in [5.74, 6) is 1.81. The van der Waals surface area contributed by atoms with Crippen LogP contribution < -0.4 is 10.1 Å². The van der Waals surface area contributed by atoms with Gasteiger partial charge in [-0.3, -0.25) is 10.1 Å². The second-order valence-electron chi connectivity index (χ2n) is 6.16. The smallest absolute Gasteiger partial charge is 0.269 e. The number of hydrogen-bond donors (Lipinski definition) is 1. The first-order valence-corrected chi connectivity index (χ1v) is 8.38. The first-order chi connectivity index (χ1) is 12.7. The molecule has 1 aliphatic heterocycles. The summed E-state index contributed by atoms with van der Waals surface area (Å²) in [7, 11) is 1.65. The van der Waals surface area contributed by atoms with Crippen LogP contribution in [0.4, 0.5) is 11.5 Å². The van der Waals surface area contributed by atoms with E-state index < -0.39 is 4.92 Å². The Hall–Kier alpha value is -3.35. The van der Waals surface area contributed by atoms with Crippen LogP contribution in [-0.4, -0.2) is 28.4 Å². The molecular formula is C19H18N4O3. The quantitative estimate of drug-likeness (QED) is 0.564. The molecule has 1 aromatic heterocycles. The molecule has 1 aliphatic rings. The zero-order chi connectivity index (χ0) is 18.1. The van der Waals surface area contributed by atoms with Gasteiger partial charge in [0.2, 0.25) is 0 Å². The van der Waals surface area contributed by atoms with Crippen LogP contribution in [0.25, 0.3) is 5.69 Å². The zero-order valence-electron chi connectivity index (χ0n) is 14.3. The summed E-state index contributed by atoms with van der Waals surface area (Å²) in [6, 6.07) is 14.4. The molecule has 0 fully saturated rings. The summed E-state index contributed by atoms with van der Waals surface area (Å²) in [5, 5.41) is 19.0. The van der Waals surface area contributed by atoms with Crippen LogP contribution in [0.2, 0.25) is 0 Å². The molecule has 0 spiro atoms. The lowest BCUT2D eigenvalue weighted by Gasteiger charge is -2.06. The Bertz CT molecular complexity index is 946. The van der Waals surface area contributed by atoms with Crippen LogP contribution in [0.3, 0.4) is 0 Å². The van der Waals surface area contributed by atoms with Crippen molar-refractivity contribution in [3.8, 4) is 11.4 Å². The number of methoxy groups -OCH3 is 1. The molecule has 0 saturated heterocycles. The highest BCUT2D eigenvalue weighted by atomic mass is 16.6. The largest absolute Gasteiger partial charge is 0.497 e. The molecule has 0 saturated carbocycles. The summed E-state index contributed by atoms with van der Waals surface area (Å²) in [5.41, 5.74) is 4.27. The van der Waals surface area contributed by atoms with Crippen LogP contribution in [0.5, 0.6) is 5.75 Å². The van der Waals surface area contributed by atoms with Crippen LogP contribution in [0.15, 0.2) is 48.5 Å². The maximum Gasteiger partial charge on any atom is 0.269 e. The van der Waals surface area contributed by atoms with Crippen molar-refractivity contribution in [2.45, 2.75) is 12.8 Å². The van der Waals surface area contributed by atoms with Crippen molar-refractivity contribution in [2.75, 3.05) is 19.0 Å². The highest BCUT2D eigenvalue weighted by Gasteiger charge is 2.23. The van der Waals surface area contributed by atoms with E-state index in [2.05, 4.69) is 5.32 Å². The van der Waals surface area contributed by atoms with Crippen molar-refractivity contribution in [1.29, 1.82) is 0 Å². The molecule has 26 heavy (non-hydrogen) atoms. The number of aromatic nitrogens is 2. The average Bonchev–Trinajstić information content (AvgIpc) is 3.26. The molecule has 0 amide bonds. The molecule has 132 valence electrons. The van der Waals surface area contributed by atoms with Crippen LogP contribution in [0, 0.1) is 10.1 Å². The molecular weight excluding hydrogens is 332 g/mol. The van der Waals surface area contributed by atoms with Gasteiger partial charge in [-0.2, -0.15) is 5.10 Å². The molecule has 2 heterocycles. The van der Waals surface area contributed by atoms with Gasteiger partial charge in [0, 0.05) is 30.7 Å². The van der Waals surface area contributed by atoms with Gasteiger partial charge in [0.05, 0.1) is 23.4 Å². The van der Waals surface area contributed by atoms with E-state index in [1.54, 1.807) is 19.2 Å². The predicted octanol–water partition coefficient (Wildman–Crippen LogP) is 3.35. The Morgan fingerprint density at radius 2 is 1.92 bits per heavy atom. The lowest BCUT2D eigenvalue weighted by Crippen LogP contribution is -2.05. The third-order valence-electron chi connectivity index (χ3n) is 4.57. The fourth-order valence-electron chi connectivity index (χ4n) is 3.23. The number of nitrogens with zero attached hydrogens (tertiary/aromatic N) is 3. The van der Waals surface area contributed by atoms with Gasteiger partial charge in [-0.05, 0) is 36.2 Å². The second kappa shape index (κ2) is 6.51. The second-order valence-corrected chi connectivity index (χ2v) is 6.16. The number of nitrogens with one attached hydrogen (secondary N) is 1. The standard InChI is InChI=1S/C19H18N4O3/c1-26-16-8-2-13(3-9-16)12-18-17-10-11-20-19(17)22(21-18)14-4-6-15(7-5-14)23(24)25/h2-9,20H,10-12H2,1H3. The van der Waals surface area contributed by atoms with E-state index in [1.807, 2.05) is 28.9 Å². The van der Waals surface area contributed by atoms with Gasteiger partial charge < -0.3 is 10.1 Å². The predicted molar refractivity (Wildman–Crippen MR) is 98.2 cm³/mol. The van der Waals surface area contributed by atoms with Crippen molar-refractivity contribution in [3.63, 3.8) is 0 Å². The van der Waals surface area contributed by atoms with Gasteiger partial charge in [0.15, 0.2) is 0 Å². The minimum Gasteiger partial charge on any atom is -0.497 e. The van der Waals surface area contributed by atoms with E-state index in [0.717, 1.165) is 47.9 Å². The molecule has 0 radical (unpaired) electrons. The van der Waals surface area contributed by atoms with Gasteiger partial charge in [0.25, 0.3) is 5.69 Å². The van der Waals surface area contributed by atoms with Crippen molar-refractivity contribution in [2.24, 2.45) is 0 Å². The van der Waals surface area contributed by atoms with E-state index >= 15 is 0 Å². The average molecular weight is 350 g/mol. The molecule has 3 aromatic rings. The Morgan fingerprint density at radius 1 is 1.19 bits per heavy atom. The molecule has 7 nitrogen and oxygen atoms in total. The molecule has 4 rings (SSSR count). The molecule has 0 unspecified atom stereocenters. The molecule has 0 aliphatic carbocycles. The van der Waals surface area contributed by atoms with Gasteiger partial charge in [0.1, 0.15) is 11.6 Å². The maximum absolute atomic E-state index is 10.9. The summed E-state index contributed by atoms with van der Waals surface area (Å²) < 4.78 is 7.04. The topological polar surface area (TPSA) is 82.2 Å². The Morgan fingerprint density at radius 3 is 2.58 bits per heavy atom. The number of rotatable bonds is 5. The molecule has 0 atom stereocenters. The first kappa shape index (κ1) is 16.1. The van der Waals surface area contributed by atoms with Gasteiger partial charge in [-0.1, -0.05) is 12.1 Å². The number of nitro benzene ring substituents is 1. The minimum atomic E-state index is -0.398. The number of benzene rings is 2. The molecule has 0 bridgehead atoms. The van der Waals surface area contributed by atoms with Crippen LogP contribution in [-0.2, 0) is 12.8 Å².